The molecule has 2 heteroatoms. The average Bonchev–Trinajstić information content (AvgIpc) is 2.83. The number of benzene rings is 1. The highest BCUT2D eigenvalue weighted by atomic mass is 16.5. The third-order valence-electron chi connectivity index (χ3n) is 3.33. The number of hydrogen-bond donors (Lipinski definition) is 0. The van der Waals surface area contributed by atoms with Crippen LogP contribution in [0.5, 0.6) is 0 Å². The highest BCUT2D eigenvalue weighted by molar-refractivity contribution is 5.51. The Morgan fingerprint density at radius 3 is 3.12 bits per heavy atom. The first kappa shape index (κ1) is 11.3. The lowest BCUT2D eigenvalue weighted by Gasteiger charge is -2.13. The quantitative estimate of drug-likeness (QED) is 0.726. The fraction of sp³-hybridized carbons (Fsp3) is 0.500. The number of carbonyl (C=O) groups is 1. The van der Waals surface area contributed by atoms with E-state index in [2.05, 4.69) is 31.2 Å². The fourth-order valence-corrected chi connectivity index (χ4v) is 2.20. The molecular weight excluding hydrogens is 200 g/mol. The maximum atomic E-state index is 10.5. The van der Waals surface area contributed by atoms with Crippen LogP contribution in [0, 0.1) is 0 Å². The lowest BCUT2D eigenvalue weighted by atomic mass is 9.92. The van der Waals surface area contributed by atoms with Gasteiger partial charge in [0.25, 0.3) is 0 Å². The van der Waals surface area contributed by atoms with Crippen LogP contribution in [-0.4, -0.2) is 19.5 Å². The zero-order valence-corrected chi connectivity index (χ0v) is 9.69. The van der Waals surface area contributed by atoms with E-state index in [0.29, 0.717) is 18.3 Å². The first-order valence-corrected chi connectivity index (χ1v) is 5.92. The third kappa shape index (κ3) is 2.50. The van der Waals surface area contributed by atoms with Crippen LogP contribution < -0.4 is 0 Å². The van der Waals surface area contributed by atoms with Crippen LogP contribution in [0.4, 0.5) is 0 Å². The maximum Gasteiger partial charge on any atom is 0.120 e. The minimum Gasteiger partial charge on any atom is -0.381 e. The fourth-order valence-electron chi connectivity index (χ4n) is 2.20. The summed E-state index contributed by atoms with van der Waals surface area (Å²) >= 11 is 0. The van der Waals surface area contributed by atoms with Gasteiger partial charge in [0.15, 0.2) is 0 Å². The second kappa shape index (κ2) is 5.26. The minimum absolute atomic E-state index is 0.319. The molecule has 0 bridgehead atoms. The highest BCUT2D eigenvalue weighted by Gasteiger charge is 2.18. The predicted molar refractivity (Wildman–Crippen MR) is 63.7 cm³/mol. The molecule has 1 aromatic carbocycles. The topological polar surface area (TPSA) is 26.3 Å². The van der Waals surface area contributed by atoms with Gasteiger partial charge < -0.3 is 9.53 Å². The van der Waals surface area contributed by atoms with Gasteiger partial charge in [-0.1, -0.05) is 31.2 Å². The number of rotatable bonds is 4. The van der Waals surface area contributed by atoms with Crippen molar-refractivity contribution in [1.29, 1.82) is 0 Å². The van der Waals surface area contributed by atoms with Crippen molar-refractivity contribution in [3.05, 3.63) is 35.4 Å². The van der Waals surface area contributed by atoms with Gasteiger partial charge in [-0.05, 0) is 23.5 Å². The summed E-state index contributed by atoms with van der Waals surface area (Å²) in [6.07, 6.45) is 2.71. The van der Waals surface area contributed by atoms with Crippen molar-refractivity contribution in [3.8, 4) is 0 Å². The van der Waals surface area contributed by atoms with Gasteiger partial charge in [0.1, 0.15) is 6.29 Å². The van der Waals surface area contributed by atoms with Gasteiger partial charge in [-0.3, -0.25) is 0 Å². The lowest BCUT2D eigenvalue weighted by molar-refractivity contribution is -0.108. The van der Waals surface area contributed by atoms with Crippen LogP contribution in [0.3, 0.4) is 0 Å². The first-order chi connectivity index (χ1) is 7.81. The standard InChI is InChI=1S/C14H18O2/c1-11(5-7-15)12-3-2-4-13(9-12)14-6-8-16-10-14/h2-4,7,9,11,14H,5-6,8,10H2,1H3. The first-order valence-electron chi connectivity index (χ1n) is 5.92. The van der Waals surface area contributed by atoms with Crippen molar-refractivity contribution in [3.63, 3.8) is 0 Å². The zero-order valence-electron chi connectivity index (χ0n) is 9.69. The molecule has 1 heterocycles. The molecule has 1 aliphatic rings. The molecule has 0 aliphatic carbocycles. The van der Waals surface area contributed by atoms with E-state index in [1.54, 1.807) is 0 Å². The Morgan fingerprint density at radius 2 is 2.44 bits per heavy atom. The number of carbonyl (C=O) groups excluding carboxylic acids is 1. The molecule has 1 aromatic rings. The van der Waals surface area contributed by atoms with Gasteiger partial charge in [0.05, 0.1) is 6.61 Å². The lowest BCUT2D eigenvalue weighted by Crippen LogP contribution is -2.00. The van der Waals surface area contributed by atoms with Gasteiger partial charge in [-0.2, -0.15) is 0 Å². The number of hydrogen-bond acceptors (Lipinski definition) is 2. The largest absolute Gasteiger partial charge is 0.381 e. The summed E-state index contributed by atoms with van der Waals surface area (Å²) in [6, 6.07) is 8.59. The molecule has 16 heavy (non-hydrogen) atoms. The Morgan fingerprint density at radius 1 is 1.56 bits per heavy atom. The van der Waals surface area contributed by atoms with Crippen LogP contribution in [0.25, 0.3) is 0 Å². The van der Waals surface area contributed by atoms with Crippen molar-refractivity contribution >= 4 is 6.29 Å². The van der Waals surface area contributed by atoms with Crippen molar-refractivity contribution in [2.45, 2.75) is 31.6 Å². The molecule has 0 spiro atoms. The average molecular weight is 218 g/mol. The van der Waals surface area contributed by atoms with Crippen LogP contribution in [0.15, 0.2) is 24.3 Å². The molecule has 0 aromatic heterocycles. The van der Waals surface area contributed by atoms with E-state index in [1.165, 1.54) is 11.1 Å². The molecule has 2 atom stereocenters. The van der Waals surface area contributed by atoms with E-state index in [0.717, 1.165) is 25.9 Å². The molecular formula is C14H18O2. The van der Waals surface area contributed by atoms with E-state index in [-0.39, 0.29) is 0 Å². The molecule has 0 saturated carbocycles. The smallest absolute Gasteiger partial charge is 0.120 e. The Bertz CT molecular complexity index is 354. The second-order valence-electron chi connectivity index (χ2n) is 4.53. The summed E-state index contributed by atoms with van der Waals surface area (Å²) in [7, 11) is 0. The number of ether oxygens (including phenoxy) is 1. The summed E-state index contributed by atoms with van der Waals surface area (Å²) in [6.45, 7) is 3.81. The predicted octanol–water partition coefficient (Wildman–Crippen LogP) is 2.88. The summed E-state index contributed by atoms with van der Waals surface area (Å²) in [5.41, 5.74) is 2.62. The van der Waals surface area contributed by atoms with Gasteiger partial charge in [0.2, 0.25) is 0 Å². The molecule has 0 N–H and O–H groups in total. The molecule has 2 unspecified atom stereocenters. The Kier molecular flexibility index (Phi) is 3.73. The monoisotopic (exact) mass is 218 g/mol. The van der Waals surface area contributed by atoms with Crippen molar-refractivity contribution in [1.82, 2.24) is 0 Å². The van der Waals surface area contributed by atoms with E-state index in [4.69, 9.17) is 4.74 Å². The summed E-state index contributed by atoms with van der Waals surface area (Å²) in [4.78, 5) is 10.5. The SMILES string of the molecule is CC(CC=O)c1cccc(C2CCOC2)c1. The molecule has 1 fully saturated rings. The zero-order chi connectivity index (χ0) is 11.4. The third-order valence-corrected chi connectivity index (χ3v) is 3.33. The molecule has 2 nitrogen and oxygen atoms in total. The maximum absolute atomic E-state index is 10.5. The molecule has 0 amide bonds. The van der Waals surface area contributed by atoms with Crippen molar-refractivity contribution in [2.75, 3.05) is 13.2 Å². The van der Waals surface area contributed by atoms with E-state index >= 15 is 0 Å². The second-order valence-corrected chi connectivity index (χ2v) is 4.53. The van der Waals surface area contributed by atoms with Gasteiger partial charge in [0, 0.05) is 18.9 Å². The molecule has 1 saturated heterocycles. The summed E-state index contributed by atoms with van der Waals surface area (Å²) in [5.74, 6) is 0.864. The highest BCUT2D eigenvalue weighted by Crippen LogP contribution is 2.28. The Hall–Kier alpha value is -1.15. The molecule has 0 radical (unpaired) electrons. The minimum atomic E-state index is 0.319. The van der Waals surface area contributed by atoms with Crippen LogP contribution in [0.1, 0.15) is 42.7 Å². The van der Waals surface area contributed by atoms with Crippen LogP contribution in [0.2, 0.25) is 0 Å². The molecule has 1 aliphatic heterocycles. The summed E-state index contributed by atoms with van der Waals surface area (Å²) in [5, 5.41) is 0. The van der Waals surface area contributed by atoms with Gasteiger partial charge in [-0.25, -0.2) is 0 Å². The summed E-state index contributed by atoms with van der Waals surface area (Å²) < 4.78 is 5.40. The molecule has 2 rings (SSSR count). The Labute approximate surface area is 96.6 Å². The normalized spacial score (nSPS) is 21.9. The van der Waals surface area contributed by atoms with Crippen molar-refractivity contribution < 1.29 is 9.53 Å². The van der Waals surface area contributed by atoms with E-state index in [9.17, 15) is 4.79 Å². The Balaban J connectivity index is 2.15. The van der Waals surface area contributed by atoms with Crippen LogP contribution in [-0.2, 0) is 9.53 Å². The van der Waals surface area contributed by atoms with Crippen LogP contribution >= 0.6 is 0 Å². The van der Waals surface area contributed by atoms with E-state index in [1.807, 2.05) is 0 Å². The van der Waals surface area contributed by atoms with Crippen molar-refractivity contribution in [2.24, 2.45) is 0 Å². The van der Waals surface area contributed by atoms with Gasteiger partial charge >= 0.3 is 0 Å². The van der Waals surface area contributed by atoms with E-state index < -0.39 is 0 Å². The number of aldehydes is 1. The van der Waals surface area contributed by atoms with Gasteiger partial charge in [-0.15, -0.1) is 0 Å². The molecule has 86 valence electrons.